The van der Waals surface area contributed by atoms with E-state index < -0.39 is 0 Å². The highest BCUT2D eigenvalue weighted by Crippen LogP contribution is 2.45. The Balaban J connectivity index is 1.03. The van der Waals surface area contributed by atoms with Gasteiger partial charge < -0.3 is 14.2 Å². The molecule has 0 spiro atoms. The summed E-state index contributed by atoms with van der Waals surface area (Å²) in [5.74, 6) is 0.853. The summed E-state index contributed by atoms with van der Waals surface area (Å²) in [6, 6.07) is 4.05. The van der Waals surface area contributed by atoms with Gasteiger partial charge in [0.2, 0.25) is 11.8 Å². The number of likely N-dealkylation sites (tertiary alicyclic amines) is 1. The van der Waals surface area contributed by atoms with Crippen LogP contribution in [0.15, 0.2) is 24.3 Å². The van der Waals surface area contributed by atoms with Crippen LogP contribution in [-0.2, 0) is 14.3 Å². The molecule has 228 valence electrons. The number of carbonyl (C=O) groups excluding carboxylic acids is 2. The van der Waals surface area contributed by atoms with E-state index >= 15 is 0 Å². The van der Waals surface area contributed by atoms with Crippen molar-refractivity contribution in [3.63, 3.8) is 0 Å². The number of imide groups is 1. The van der Waals surface area contributed by atoms with E-state index in [1.807, 2.05) is 24.3 Å². The summed E-state index contributed by atoms with van der Waals surface area (Å²) in [5.41, 5.74) is 0. The molecule has 4 atom stereocenters. The summed E-state index contributed by atoms with van der Waals surface area (Å²) in [6.07, 6.45) is 22.9. The Bertz CT molecular complexity index is 1000. The highest BCUT2D eigenvalue weighted by molar-refractivity contribution is 14.1. The van der Waals surface area contributed by atoms with Gasteiger partial charge in [-0.15, -0.1) is 0 Å². The molecule has 0 aliphatic carbocycles. The molecule has 8 heteroatoms. The van der Waals surface area contributed by atoms with E-state index in [2.05, 4.69) is 52.1 Å². The van der Waals surface area contributed by atoms with E-state index in [9.17, 15) is 9.59 Å². The van der Waals surface area contributed by atoms with Crippen LogP contribution in [-0.4, -0.2) is 48.7 Å². The number of fused-ring (bicyclic) bond motifs is 5. The van der Waals surface area contributed by atoms with Crippen molar-refractivity contribution in [2.24, 2.45) is 11.8 Å². The summed E-state index contributed by atoms with van der Waals surface area (Å²) in [6.45, 7) is 3.85. The third-order valence-corrected chi connectivity index (χ3v) is 10.2. The standard InChI is InChI=1S/C33H47I2NO5/c1-2-3-4-5-6-7-8-9-10-11-12-13-14-15-20-39-28-22-25(35)29(23-24(28)34)40-21-16-19-36-32(37)30-26-17-18-27(41-26)31(30)33(36)38/h17-18,22-23,26-27,30-31H,2-16,19-21H2,1H3. The number of carbonyl (C=O) groups is 2. The molecule has 0 saturated carbocycles. The predicted molar refractivity (Wildman–Crippen MR) is 179 cm³/mol. The monoisotopic (exact) mass is 791 g/mol. The molecule has 3 aliphatic rings. The molecule has 1 aromatic rings. The first-order chi connectivity index (χ1) is 20.0. The van der Waals surface area contributed by atoms with E-state index in [0.29, 0.717) is 19.6 Å². The second-order valence-corrected chi connectivity index (χ2v) is 14.0. The van der Waals surface area contributed by atoms with Crippen molar-refractivity contribution in [2.75, 3.05) is 19.8 Å². The Labute approximate surface area is 274 Å². The molecule has 6 nitrogen and oxygen atoms in total. The lowest BCUT2D eigenvalue weighted by atomic mass is 9.85. The van der Waals surface area contributed by atoms with Gasteiger partial charge in [-0.3, -0.25) is 14.5 Å². The van der Waals surface area contributed by atoms with E-state index in [4.69, 9.17) is 14.2 Å². The van der Waals surface area contributed by atoms with Gasteiger partial charge in [-0.1, -0.05) is 103 Å². The van der Waals surface area contributed by atoms with Crippen LogP contribution < -0.4 is 9.47 Å². The van der Waals surface area contributed by atoms with Crippen LogP contribution in [0.4, 0.5) is 0 Å². The smallest absolute Gasteiger partial charge is 0.236 e. The van der Waals surface area contributed by atoms with Gasteiger partial charge in [0.25, 0.3) is 0 Å². The molecule has 2 bridgehead atoms. The molecular weight excluding hydrogens is 744 g/mol. The Hall–Kier alpha value is -0.880. The molecule has 0 N–H and O–H groups in total. The first-order valence-corrected chi connectivity index (χ1v) is 18.1. The highest BCUT2D eigenvalue weighted by Gasteiger charge is 2.60. The highest BCUT2D eigenvalue weighted by atomic mass is 127. The third kappa shape index (κ3) is 9.30. The lowest BCUT2D eigenvalue weighted by Crippen LogP contribution is -2.35. The fourth-order valence-corrected chi connectivity index (χ4v) is 7.39. The molecule has 2 amide bonds. The number of unbranched alkanes of at least 4 members (excludes halogenated alkanes) is 13. The van der Waals surface area contributed by atoms with Crippen LogP contribution in [0.25, 0.3) is 0 Å². The normalized spacial score (nSPS) is 22.7. The minimum absolute atomic E-state index is 0.0960. The van der Waals surface area contributed by atoms with E-state index in [1.54, 1.807) is 0 Å². The number of halogens is 2. The van der Waals surface area contributed by atoms with Crippen LogP contribution >= 0.6 is 45.2 Å². The maximum Gasteiger partial charge on any atom is 0.236 e. The fourth-order valence-electron chi connectivity index (χ4n) is 6.20. The van der Waals surface area contributed by atoms with Crippen LogP contribution in [0.5, 0.6) is 11.5 Å². The van der Waals surface area contributed by atoms with Crippen molar-refractivity contribution < 1.29 is 23.8 Å². The van der Waals surface area contributed by atoms with Crippen molar-refractivity contribution >= 4 is 57.0 Å². The van der Waals surface area contributed by atoms with Crippen molar-refractivity contribution in [1.29, 1.82) is 0 Å². The summed E-state index contributed by atoms with van der Waals surface area (Å²) in [7, 11) is 0. The van der Waals surface area contributed by atoms with E-state index in [1.165, 1.54) is 88.4 Å². The Morgan fingerprint density at radius 3 is 1.54 bits per heavy atom. The average molecular weight is 792 g/mol. The predicted octanol–water partition coefficient (Wildman–Crippen LogP) is 8.46. The summed E-state index contributed by atoms with van der Waals surface area (Å²) in [4.78, 5) is 27.0. The first-order valence-electron chi connectivity index (χ1n) is 15.9. The third-order valence-electron chi connectivity index (χ3n) is 8.53. The number of rotatable bonds is 21. The molecule has 4 unspecified atom stereocenters. The minimum atomic E-state index is -0.335. The molecule has 3 heterocycles. The Morgan fingerprint density at radius 2 is 1.07 bits per heavy atom. The van der Waals surface area contributed by atoms with Crippen LogP contribution in [0.1, 0.15) is 103 Å². The minimum Gasteiger partial charge on any atom is -0.492 e. The van der Waals surface area contributed by atoms with Gasteiger partial charge in [0.15, 0.2) is 0 Å². The van der Waals surface area contributed by atoms with Gasteiger partial charge in [-0.05, 0) is 70.2 Å². The lowest BCUT2D eigenvalue weighted by molar-refractivity contribution is -0.142. The SMILES string of the molecule is CCCCCCCCCCCCCCCCOc1cc(I)c(OCCCN2C(=O)C3C4C=CC(O4)C3C2=O)cc1I. The average Bonchev–Trinajstić information content (AvgIpc) is 3.65. The van der Waals surface area contributed by atoms with Gasteiger partial charge in [-0.2, -0.15) is 0 Å². The molecule has 2 saturated heterocycles. The van der Waals surface area contributed by atoms with Crippen LogP contribution in [0.3, 0.4) is 0 Å². The van der Waals surface area contributed by atoms with E-state index in [0.717, 1.165) is 31.7 Å². The Morgan fingerprint density at radius 1 is 0.659 bits per heavy atom. The second kappa shape index (κ2) is 17.4. The number of hydrogen-bond donors (Lipinski definition) is 0. The van der Waals surface area contributed by atoms with Crippen LogP contribution in [0.2, 0.25) is 0 Å². The van der Waals surface area contributed by atoms with Crippen molar-refractivity contribution in [3.05, 3.63) is 31.4 Å². The van der Waals surface area contributed by atoms with Gasteiger partial charge >= 0.3 is 0 Å². The van der Waals surface area contributed by atoms with E-state index in [-0.39, 0.29) is 35.9 Å². The van der Waals surface area contributed by atoms with Gasteiger partial charge in [0.1, 0.15) is 11.5 Å². The van der Waals surface area contributed by atoms with Gasteiger partial charge in [0.05, 0.1) is 44.4 Å². The maximum atomic E-state index is 12.8. The van der Waals surface area contributed by atoms with Crippen molar-refractivity contribution in [3.8, 4) is 11.5 Å². The number of hydrogen-bond acceptors (Lipinski definition) is 5. The number of benzene rings is 1. The van der Waals surface area contributed by atoms with Crippen LogP contribution in [0, 0.1) is 19.0 Å². The number of ether oxygens (including phenoxy) is 3. The zero-order chi connectivity index (χ0) is 29.0. The molecule has 0 aromatic heterocycles. The second-order valence-electron chi connectivity index (χ2n) is 11.7. The molecule has 1 aromatic carbocycles. The van der Waals surface area contributed by atoms with Gasteiger partial charge in [-0.25, -0.2) is 0 Å². The molecule has 0 radical (unpaired) electrons. The largest absolute Gasteiger partial charge is 0.492 e. The molecular formula is C33H47I2NO5. The maximum absolute atomic E-state index is 12.8. The molecule has 4 rings (SSSR count). The number of nitrogens with zero attached hydrogens (tertiary/aromatic N) is 1. The summed E-state index contributed by atoms with van der Waals surface area (Å²) in [5, 5.41) is 0. The Kier molecular flexibility index (Phi) is 14.0. The van der Waals surface area contributed by atoms with Crippen molar-refractivity contribution in [2.45, 2.75) is 115 Å². The van der Waals surface area contributed by atoms with Crippen molar-refractivity contribution in [1.82, 2.24) is 4.90 Å². The molecule has 3 aliphatic heterocycles. The summed E-state index contributed by atoms with van der Waals surface area (Å²) < 4.78 is 19.9. The molecule has 2 fully saturated rings. The summed E-state index contributed by atoms with van der Waals surface area (Å²) >= 11 is 4.58. The first kappa shape index (κ1) is 33.0. The zero-order valence-corrected chi connectivity index (χ0v) is 28.9. The fraction of sp³-hybridized carbons (Fsp3) is 0.697. The topological polar surface area (TPSA) is 65.1 Å². The number of amides is 2. The zero-order valence-electron chi connectivity index (χ0n) is 24.6. The quantitative estimate of drug-likeness (QED) is 0.0542. The molecule has 41 heavy (non-hydrogen) atoms. The lowest BCUT2D eigenvalue weighted by Gasteiger charge is -2.18. The van der Waals surface area contributed by atoms with Gasteiger partial charge in [0, 0.05) is 6.54 Å².